The summed E-state index contributed by atoms with van der Waals surface area (Å²) in [6.45, 7) is 2.46. The molecule has 1 N–H and O–H groups in total. The molecule has 0 aliphatic heterocycles. The van der Waals surface area contributed by atoms with Gasteiger partial charge >= 0.3 is 6.18 Å². The standard InChI is InChI=1S/C11H13F3N6S/c1-4-15-9-17-7(18-10(19-9)20(2)3)6-5-16-8(21-6)11(12,13)14/h5H,4H2,1-3H3,(H,15,17,18,19). The molecule has 2 aromatic heterocycles. The summed E-state index contributed by atoms with van der Waals surface area (Å²) in [5.41, 5.74) is 0. The fraction of sp³-hybridized carbons (Fsp3) is 0.455. The Morgan fingerprint density at radius 2 is 1.95 bits per heavy atom. The van der Waals surface area contributed by atoms with Crippen LogP contribution in [0.15, 0.2) is 6.20 Å². The van der Waals surface area contributed by atoms with E-state index < -0.39 is 11.2 Å². The molecule has 0 saturated carbocycles. The lowest BCUT2D eigenvalue weighted by Gasteiger charge is -2.12. The van der Waals surface area contributed by atoms with E-state index in [0.717, 1.165) is 6.20 Å². The van der Waals surface area contributed by atoms with Crippen molar-refractivity contribution in [2.75, 3.05) is 30.9 Å². The van der Waals surface area contributed by atoms with Crippen molar-refractivity contribution in [2.24, 2.45) is 0 Å². The molecular formula is C11H13F3N6S. The largest absolute Gasteiger partial charge is 0.443 e. The van der Waals surface area contributed by atoms with Gasteiger partial charge in [0.1, 0.15) is 0 Å². The monoisotopic (exact) mass is 318 g/mol. The van der Waals surface area contributed by atoms with Gasteiger partial charge in [0.15, 0.2) is 10.8 Å². The summed E-state index contributed by atoms with van der Waals surface area (Å²) in [5, 5.41) is 2.00. The van der Waals surface area contributed by atoms with E-state index in [1.165, 1.54) is 0 Å². The maximum Gasteiger partial charge on any atom is 0.443 e. The zero-order valence-electron chi connectivity index (χ0n) is 11.6. The van der Waals surface area contributed by atoms with Crippen LogP contribution in [-0.2, 0) is 6.18 Å². The predicted molar refractivity (Wildman–Crippen MR) is 74.4 cm³/mol. The zero-order chi connectivity index (χ0) is 15.6. The van der Waals surface area contributed by atoms with E-state index in [0.29, 0.717) is 29.8 Å². The second-order valence-electron chi connectivity index (χ2n) is 4.23. The SMILES string of the molecule is CCNc1nc(-c2cnc(C(F)(F)F)s2)nc(N(C)C)n1. The minimum Gasteiger partial charge on any atom is -0.354 e. The molecule has 0 amide bonds. The van der Waals surface area contributed by atoms with Crippen molar-refractivity contribution in [3.8, 4) is 10.7 Å². The van der Waals surface area contributed by atoms with Gasteiger partial charge < -0.3 is 10.2 Å². The van der Waals surface area contributed by atoms with Gasteiger partial charge in [0.05, 0.1) is 4.88 Å². The van der Waals surface area contributed by atoms with Crippen LogP contribution in [0.2, 0.25) is 0 Å². The van der Waals surface area contributed by atoms with E-state index in [1.54, 1.807) is 19.0 Å². The molecule has 21 heavy (non-hydrogen) atoms. The van der Waals surface area contributed by atoms with Gasteiger partial charge in [-0.05, 0) is 6.92 Å². The molecule has 0 saturated heterocycles. The quantitative estimate of drug-likeness (QED) is 0.934. The van der Waals surface area contributed by atoms with Crippen LogP contribution >= 0.6 is 11.3 Å². The number of rotatable bonds is 4. The van der Waals surface area contributed by atoms with Gasteiger partial charge in [-0.2, -0.15) is 28.1 Å². The van der Waals surface area contributed by atoms with Crippen molar-refractivity contribution < 1.29 is 13.2 Å². The summed E-state index contributed by atoms with van der Waals surface area (Å²) in [5.74, 6) is 0.837. The average molecular weight is 318 g/mol. The minimum absolute atomic E-state index is 0.164. The Balaban J connectivity index is 2.44. The first-order valence-electron chi connectivity index (χ1n) is 6.02. The molecule has 0 spiro atoms. The highest BCUT2D eigenvalue weighted by molar-refractivity contribution is 7.15. The molecule has 10 heteroatoms. The number of aromatic nitrogens is 4. The summed E-state index contributed by atoms with van der Waals surface area (Å²) < 4.78 is 37.8. The highest BCUT2D eigenvalue weighted by Crippen LogP contribution is 2.35. The number of nitrogens with zero attached hydrogens (tertiary/aromatic N) is 5. The number of hydrogen-bond donors (Lipinski definition) is 1. The lowest BCUT2D eigenvalue weighted by Crippen LogP contribution is -2.15. The molecule has 0 aliphatic rings. The summed E-state index contributed by atoms with van der Waals surface area (Å²) in [4.78, 5) is 17.7. The molecular weight excluding hydrogens is 305 g/mol. The van der Waals surface area contributed by atoms with Gasteiger partial charge in [-0.1, -0.05) is 0 Å². The van der Waals surface area contributed by atoms with Crippen LogP contribution in [0.1, 0.15) is 11.9 Å². The van der Waals surface area contributed by atoms with Gasteiger partial charge in [0, 0.05) is 26.8 Å². The van der Waals surface area contributed by atoms with E-state index >= 15 is 0 Å². The number of alkyl halides is 3. The number of halogens is 3. The Kier molecular flexibility index (Phi) is 4.26. The lowest BCUT2D eigenvalue weighted by molar-refractivity contribution is -0.137. The third kappa shape index (κ3) is 3.57. The first-order valence-corrected chi connectivity index (χ1v) is 6.83. The van der Waals surface area contributed by atoms with Crippen molar-refractivity contribution >= 4 is 23.2 Å². The van der Waals surface area contributed by atoms with E-state index in [2.05, 4.69) is 25.3 Å². The van der Waals surface area contributed by atoms with Crippen LogP contribution < -0.4 is 10.2 Å². The predicted octanol–water partition coefficient (Wildman–Crippen LogP) is 2.51. The molecule has 114 valence electrons. The van der Waals surface area contributed by atoms with E-state index in [1.807, 2.05) is 6.92 Å². The van der Waals surface area contributed by atoms with Crippen LogP contribution in [0.5, 0.6) is 0 Å². The number of hydrogen-bond acceptors (Lipinski definition) is 7. The Labute approximate surface area is 123 Å². The smallest absolute Gasteiger partial charge is 0.354 e. The Morgan fingerprint density at radius 3 is 2.48 bits per heavy atom. The van der Waals surface area contributed by atoms with E-state index in [-0.39, 0.29) is 10.7 Å². The van der Waals surface area contributed by atoms with Gasteiger partial charge in [-0.15, -0.1) is 11.3 Å². The molecule has 0 aliphatic carbocycles. The van der Waals surface area contributed by atoms with E-state index in [9.17, 15) is 13.2 Å². The summed E-state index contributed by atoms with van der Waals surface area (Å²) in [7, 11) is 3.48. The highest BCUT2D eigenvalue weighted by Gasteiger charge is 2.35. The molecule has 0 aromatic carbocycles. The van der Waals surface area contributed by atoms with Crippen LogP contribution in [-0.4, -0.2) is 40.6 Å². The number of anilines is 2. The fourth-order valence-electron chi connectivity index (χ4n) is 1.42. The summed E-state index contributed by atoms with van der Waals surface area (Å²) >= 11 is 0.505. The van der Waals surface area contributed by atoms with Crippen LogP contribution in [0, 0.1) is 0 Å². The molecule has 0 unspecified atom stereocenters. The molecule has 2 aromatic rings. The van der Waals surface area contributed by atoms with Crippen molar-refractivity contribution in [2.45, 2.75) is 13.1 Å². The average Bonchev–Trinajstić information content (AvgIpc) is 2.88. The topological polar surface area (TPSA) is 66.8 Å². The number of thiazole rings is 1. The second kappa shape index (κ2) is 5.80. The van der Waals surface area contributed by atoms with Crippen LogP contribution in [0.25, 0.3) is 10.7 Å². The third-order valence-corrected chi connectivity index (χ3v) is 3.37. The van der Waals surface area contributed by atoms with Gasteiger partial charge in [-0.25, -0.2) is 4.98 Å². The van der Waals surface area contributed by atoms with Crippen molar-refractivity contribution in [1.29, 1.82) is 0 Å². The minimum atomic E-state index is -4.47. The van der Waals surface area contributed by atoms with Gasteiger partial charge in [0.2, 0.25) is 11.9 Å². The van der Waals surface area contributed by atoms with E-state index in [4.69, 9.17) is 0 Å². The zero-order valence-corrected chi connectivity index (χ0v) is 12.4. The molecule has 0 radical (unpaired) electrons. The third-order valence-electron chi connectivity index (χ3n) is 2.33. The fourth-order valence-corrected chi connectivity index (χ4v) is 2.14. The Morgan fingerprint density at radius 1 is 1.24 bits per heavy atom. The molecule has 0 atom stereocenters. The number of nitrogens with one attached hydrogen (secondary N) is 1. The van der Waals surface area contributed by atoms with Gasteiger partial charge in [0.25, 0.3) is 0 Å². The lowest BCUT2D eigenvalue weighted by atomic mass is 10.5. The molecule has 2 rings (SSSR count). The maximum absolute atomic E-state index is 12.6. The van der Waals surface area contributed by atoms with Crippen LogP contribution in [0.4, 0.5) is 25.1 Å². The molecule has 6 nitrogen and oxygen atoms in total. The second-order valence-corrected chi connectivity index (χ2v) is 5.27. The van der Waals surface area contributed by atoms with Crippen molar-refractivity contribution in [3.63, 3.8) is 0 Å². The van der Waals surface area contributed by atoms with Crippen LogP contribution in [0.3, 0.4) is 0 Å². The van der Waals surface area contributed by atoms with Gasteiger partial charge in [-0.3, -0.25) is 0 Å². The molecule has 2 heterocycles. The Hall–Kier alpha value is -1.97. The van der Waals surface area contributed by atoms with Crippen molar-refractivity contribution in [3.05, 3.63) is 11.2 Å². The highest BCUT2D eigenvalue weighted by atomic mass is 32.1. The van der Waals surface area contributed by atoms with Crippen molar-refractivity contribution in [1.82, 2.24) is 19.9 Å². The maximum atomic E-state index is 12.6. The first kappa shape index (κ1) is 15.4. The molecule has 0 bridgehead atoms. The molecule has 0 fully saturated rings. The Bertz CT molecular complexity index is 625. The summed E-state index contributed by atoms with van der Waals surface area (Å²) in [6.07, 6.45) is -3.34. The first-order chi connectivity index (χ1) is 9.81. The summed E-state index contributed by atoms with van der Waals surface area (Å²) in [6, 6.07) is 0. The normalized spacial score (nSPS) is 11.5.